The van der Waals surface area contributed by atoms with Crippen LogP contribution in [-0.2, 0) is 86.1 Å². The number of esters is 4. The maximum absolute atomic E-state index is 13.0. The molecule has 4 unspecified atom stereocenters. The lowest BCUT2D eigenvalue weighted by Gasteiger charge is -2.25. The van der Waals surface area contributed by atoms with E-state index >= 15 is 0 Å². The van der Waals surface area contributed by atoms with E-state index in [-0.39, 0.29) is 72.7 Å². The summed E-state index contributed by atoms with van der Waals surface area (Å²) in [6.45, 7) is 16.0. The van der Waals surface area contributed by atoms with E-state index in [0.717, 1.165) is 0 Å². The Morgan fingerprint density at radius 2 is 0.646 bits per heavy atom. The number of morpholine rings is 2. The number of likely N-dealkylation sites (tertiary alicyclic amines) is 2. The predicted octanol–water partition coefficient (Wildman–Crippen LogP) is 7.61. The standard InChI is InChI=1S/C24H29BrN8O5.C24H28BrN7O5.2C23H28BrN7O5/c1-24(2,20(26)35)21(36)28-8-4-7-27-18-16(25)11-29-22(32-18)30-13-5-3-6-14(9-13)31-23(37)33-12-15-10-17(33)19(34)38-15;1-24(2,21(26)35)22(36)28-8-4-7-27-18-16(25)11-29-23(31-18)30-14-6-3-5-13(9-14)19(33)32-12-15-10-17(32)20(34)37-15;2*1-23(2,20(25)34)21(35)27-10-4-9-26-18-15(24)12-28-22(31-18)30-14-6-3-5-13(11-14)29-19(33)16-7-8-17(32)36-16/h3,5-6,9,11,15,17H,4,7-8,10,12H2,1-2H3,(H2,26,35)(H,28,36)(H,31,37)(H2,27,29,30,32);3,5-6,9,11,15,17H,4,7-8,10,12H2,1-2H3,(H2,26,35)(H,28,36)(H2,27,29,30,31);2*3,5-6,11-12,16H,4,7-10H2,1-2H3,(H2,25,34)(H,27,35)(H,29,33)(H2,26,28,30,31)/t;;2*16-/m..10/s1. The SMILES string of the molecule is CC(C)(C(N)=O)C(=O)NCCCNc1nc(Nc2cccc(C(=O)N3CC4CC3C(=O)O4)c2)ncc1Br.CC(C)(C(N)=O)C(=O)NCCCNc1nc(Nc2cccc(NC(=O)N3CC4CC3C(=O)O4)c2)ncc1Br.CC(C)(C(N)=O)C(=O)NCCCNc1nc(Nc2cccc(NC(=O)[C@@H]3CCC(=O)O3)c2)ncc1Br.CC(C)(C(N)=O)C(=O)NCCCNc1nc(Nc2cccc(NC(=O)[C@H]3CCC(=O)O3)c2)ncc1Br. The first-order valence-electron chi connectivity index (χ1n) is 46.4. The summed E-state index contributed by atoms with van der Waals surface area (Å²) in [5, 5.41) is 44.2. The highest BCUT2D eigenvalue weighted by Crippen LogP contribution is 2.36. The average molecular weight is 2290 g/mol. The van der Waals surface area contributed by atoms with Gasteiger partial charge in [0.2, 0.25) is 71.1 Å². The Hall–Kier alpha value is -15.2. The van der Waals surface area contributed by atoms with E-state index in [1.165, 1.54) is 60.3 Å². The number of rotatable bonds is 42. The van der Waals surface area contributed by atoms with E-state index < -0.39 is 93.2 Å². The first-order valence-corrected chi connectivity index (χ1v) is 49.6. The van der Waals surface area contributed by atoms with Crippen molar-refractivity contribution in [2.24, 2.45) is 44.6 Å². The molecule has 14 rings (SSSR count). The normalized spacial score (nSPS) is 16.7. The van der Waals surface area contributed by atoms with Crippen LogP contribution in [0.4, 0.5) is 91.7 Å². The Morgan fingerprint density at radius 1 is 0.367 bits per heavy atom. The predicted molar refractivity (Wildman–Crippen MR) is 553 cm³/mol. The molecule has 0 spiro atoms. The molecule has 53 heteroatoms. The van der Waals surface area contributed by atoms with Gasteiger partial charge >= 0.3 is 29.9 Å². The van der Waals surface area contributed by atoms with Crippen LogP contribution in [0.15, 0.2) is 140 Å². The van der Waals surface area contributed by atoms with Crippen LogP contribution in [0.25, 0.3) is 0 Å². The number of urea groups is 1. The summed E-state index contributed by atoms with van der Waals surface area (Å²) in [6.07, 6.45) is 8.98. The number of nitrogens with two attached hydrogens (primary N) is 4. The molecule has 23 N–H and O–H groups in total. The quantitative estimate of drug-likeness (QED) is 0.00757. The number of cyclic esters (lactones) is 2. The summed E-state index contributed by atoms with van der Waals surface area (Å²) in [4.78, 5) is 228. The Balaban J connectivity index is 0.000000186. The van der Waals surface area contributed by atoms with Crippen LogP contribution < -0.4 is 103 Å². The molecule has 6 atom stereocenters. The fourth-order valence-corrected chi connectivity index (χ4v) is 15.5. The third-order valence-electron chi connectivity index (χ3n) is 23.5. The van der Waals surface area contributed by atoms with E-state index in [1.54, 1.807) is 127 Å². The Morgan fingerprint density at radius 3 is 0.932 bits per heavy atom. The molecule has 147 heavy (non-hydrogen) atoms. The van der Waals surface area contributed by atoms with Gasteiger partial charge < -0.3 is 131 Å². The molecule has 782 valence electrons. The molecule has 0 radical (unpaired) electrons. The zero-order valence-electron chi connectivity index (χ0n) is 81.1. The molecule has 0 aliphatic carbocycles. The van der Waals surface area contributed by atoms with Crippen molar-refractivity contribution < 1.29 is 95.7 Å². The molecule has 4 aromatic carbocycles. The van der Waals surface area contributed by atoms with Gasteiger partial charge in [0.05, 0.1) is 31.0 Å². The van der Waals surface area contributed by atoms with E-state index in [4.69, 9.17) is 41.9 Å². The number of amides is 13. The number of anilines is 15. The molecule has 6 aliphatic rings. The van der Waals surface area contributed by atoms with Gasteiger partial charge in [0.1, 0.15) is 69.2 Å². The van der Waals surface area contributed by atoms with Crippen LogP contribution in [0.2, 0.25) is 0 Å². The van der Waals surface area contributed by atoms with Crippen molar-refractivity contribution in [3.05, 3.63) is 145 Å². The molecule has 10 heterocycles. The van der Waals surface area contributed by atoms with Crippen molar-refractivity contribution in [1.82, 2.24) is 70.9 Å². The van der Waals surface area contributed by atoms with Crippen molar-refractivity contribution in [2.45, 2.75) is 156 Å². The van der Waals surface area contributed by atoms with E-state index in [1.807, 2.05) is 0 Å². The lowest BCUT2D eigenvalue weighted by Crippen LogP contribution is -2.46. The van der Waals surface area contributed by atoms with Crippen LogP contribution in [0.1, 0.15) is 130 Å². The summed E-state index contributed by atoms with van der Waals surface area (Å²) in [5.41, 5.74) is 20.6. The molecule has 6 aliphatic heterocycles. The number of halogens is 4. The summed E-state index contributed by atoms with van der Waals surface area (Å²) in [6, 6.07) is 26.5. The van der Waals surface area contributed by atoms with Crippen molar-refractivity contribution in [1.29, 1.82) is 0 Å². The molecular formula is C94H113Br4N29O20. The zero-order chi connectivity index (χ0) is 107. The third-order valence-corrected chi connectivity index (χ3v) is 25.8. The van der Waals surface area contributed by atoms with E-state index in [0.29, 0.717) is 227 Å². The smallest absolute Gasteiger partial charge is 0.329 e. The number of carbonyl (C=O) groups excluding carboxylic acids is 16. The van der Waals surface area contributed by atoms with Crippen LogP contribution in [0, 0.1) is 21.7 Å². The highest BCUT2D eigenvalue weighted by Gasteiger charge is 2.50. The number of benzene rings is 4. The van der Waals surface area contributed by atoms with Gasteiger partial charge in [0.25, 0.3) is 17.7 Å². The number of ether oxygens (including phenoxy) is 4. The maximum atomic E-state index is 13.0. The van der Waals surface area contributed by atoms with Gasteiger partial charge in [0, 0.05) is 161 Å². The number of primary amides is 4. The number of nitrogens with zero attached hydrogens (tertiary/aromatic N) is 10. The Labute approximate surface area is 876 Å². The topological polar surface area (TPSA) is 704 Å². The zero-order valence-corrected chi connectivity index (χ0v) is 87.5. The van der Waals surface area contributed by atoms with Gasteiger partial charge in [-0.15, -0.1) is 0 Å². The second-order valence-corrected chi connectivity index (χ2v) is 39.6. The fourth-order valence-electron chi connectivity index (χ4n) is 14.2. The number of fused-ring (bicyclic) bond motifs is 4. The maximum Gasteiger partial charge on any atom is 0.329 e. The van der Waals surface area contributed by atoms with Crippen LogP contribution >= 0.6 is 63.7 Å². The summed E-state index contributed by atoms with van der Waals surface area (Å²) in [7, 11) is 0. The fraction of sp³-hybridized carbons (Fsp3) is 0.404. The number of hydrogen-bond acceptors (Lipinski definition) is 36. The monoisotopic (exact) mass is 2280 g/mol. The second-order valence-electron chi connectivity index (χ2n) is 36.2. The second kappa shape index (κ2) is 51.1. The minimum atomic E-state index is -1.27. The van der Waals surface area contributed by atoms with Crippen molar-refractivity contribution in [3.63, 3.8) is 0 Å². The number of hydrogen-bond donors (Lipinski definition) is 19. The molecule has 4 aromatic heterocycles. The average Bonchev–Trinajstić information content (AvgIpc) is 2.02. The van der Waals surface area contributed by atoms with Gasteiger partial charge in [-0.3, -0.25) is 62.3 Å². The van der Waals surface area contributed by atoms with Gasteiger partial charge in [0.15, 0.2) is 12.2 Å². The summed E-state index contributed by atoms with van der Waals surface area (Å²) in [5.74, 6) is -3.40. The Bertz CT molecular complexity index is 6110. The highest BCUT2D eigenvalue weighted by molar-refractivity contribution is 9.11. The van der Waals surface area contributed by atoms with E-state index in [9.17, 15) is 76.7 Å². The molecule has 4 bridgehead atoms. The number of aromatic nitrogens is 8. The van der Waals surface area contributed by atoms with Gasteiger partial charge in [-0.2, -0.15) is 19.9 Å². The number of nitrogens with one attached hydrogen (secondary N) is 15. The van der Waals surface area contributed by atoms with Crippen molar-refractivity contribution >= 4 is 245 Å². The van der Waals surface area contributed by atoms with Gasteiger partial charge in [-0.1, -0.05) is 24.3 Å². The molecule has 8 aromatic rings. The minimum absolute atomic E-state index is 0.219. The van der Waals surface area contributed by atoms with Crippen LogP contribution in [0.5, 0.6) is 0 Å². The lowest BCUT2D eigenvalue weighted by atomic mass is 9.91. The molecule has 6 saturated heterocycles. The van der Waals surface area contributed by atoms with Gasteiger partial charge in [-0.25, -0.2) is 34.3 Å². The largest absolute Gasteiger partial charge is 0.459 e. The first kappa shape index (κ1) is 112. The molecule has 6 fully saturated rings. The minimum Gasteiger partial charge on any atom is -0.459 e. The summed E-state index contributed by atoms with van der Waals surface area (Å²) >= 11 is 13.6. The third kappa shape index (κ3) is 31.4. The highest BCUT2D eigenvalue weighted by atomic mass is 79.9. The molecule has 49 nitrogen and oxygen atoms in total. The van der Waals surface area contributed by atoms with Gasteiger partial charge in [-0.05, 0) is 218 Å². The molecule has 0 saturated carbocycles. The molecular weight excluding hydrogens is 2170 g/mol. The van der Waals surface area contributed by atoms with Crippen molar-refractivity contribution in [2.75, 3.05) is 124 Å². The molecule has 13 amide bonds. The lowest BCUT2D eigenvalue weighted by molar-refractivity contribution is -0.150. The summed E-state index contributed by atoms with van der Waals surface area (Å²) < 4.78 is 22.9. The van der Waals surface area contributed by atoms with Crippen molar-refractivity contribution in [3.8, 4) is 0 Å². The Kier molecular flexibility index (Phi) is 39.0. The first-order chi connectivity index (χ1) is 69.7. The van der Waals surface area contributed by atoms with E-state index in [2.05, 4.69) is 183 Å². The van der Waals surface area contributed by atoms with Crippen LogP contribution in [0.3, 0.4) is 0 Å². The number of carbonyl (C=O) groups is 16. The van der Waals surface area contributed by atoms with Crippen LogP contribution in [-0.4, -0.2) is 247 Å².